The van der Waals surface area contributed by atoms with E-state index in [1.807, 2.05) is 0 Å². The lowest BCUT2D eigenvalue weighted by Crippen LogP contribution is -2.70. The van der Waals surface area contributed by atoms with Crippen molar-refractivity contribution in [3.05, 3.63) is 0 Å². The molecule has 108 valence electrons. The summed E-state index contributed by atoms with van der Waals surface area (Å²) in [7, 11) is -2.29. The van der Waals surface area contributed by atoms with Gasteiger partial charge in [-0.2, -0.15) is 0 Å². The fourth-order valence-electron chi connectivity index (χ4n) is 2.55. The molecule has 18 heavy (non-hydrogen) atoms. The summed E-state index contributed by atoms with van der Waals surface area (Å²) in [6, 6.07) is 1.20. The van der Waals surface area contributed by atoms with Gasteiger partial charge in [0.05, 0.1) is 25.7 Å². The van der Waals surface area contributed by atoms with E-state index < -0.39 is 16.1 Å². The molecule has 0 aliphatic rings. The van der Waals surface area contributed by atoms with Crippen LogP contribution in [-0.2, 0) is 0 Å². The van der Waals surface area contributed by atoms with Gasteiger partial charge in [0.2, 0.25) is 0 Å². The van der Waals surface area contributed by atoms with Crippen molar-refractivity contribution in [2.45, 2.75) is 75.5 Å². The largest absolute Gasteiger partial charge is 0.400 e. The summed E-state index contributed by atoms with van der Waals surface area (Å²) in [5.41, 5.74) is 5.50. The van der Waals surface area contributed by atoms with E-state index >= 15 is 0 Å². The predicted octanol–water partition coefficient (Wildman–Crippen LogP) is 3.07. The third kappa shape index (κ3) is 5.29. The van der Waals surface area contributed by atoms with Crippen LogP contribution in [-0.4, -0.2) is 41.8 Å². The molecule has 0 aromatic rings. The minimum atomic E-state index is -1.51. The van der Waals surface area contributed by atoms with E-state index in [4.69, 9.17) is 5.73 Å². The fraction of sp³-hybridized carbons (Fsp3) is 1.00. The molecule has 0 unspecified atom stereocenters. The van der Waals surface area contributed by atoms with Crippen LogP contribution in [0.5, 0.6) is 0 Å². The van der Waals surface area contributed by atoms with Crippen LogP contribution in [0.15, 0.2) is 0 Å². The molecule has 0 rings (SSSR count). The van der Waals surface area contributed by atoms with Gasteiger partial charge in [0.25, 0.3) is 0 Å². The van der Waals surface area contributed by atoms with E-state index in [1.54, 1.807) is 0 Å². The van der Waals surface area contributed by atoms with Gasteiger partial charge in [-0.15, -0.1) is 0 Å². The molecule has 0 aromatic heterocycles. The van der Waals surface area contributed by atoms with Crippen molar-refractivity contribution in [2.75, 3.05) is 6.54 Å². The van der Waals surface area contributed by atoms with Crippen LogP contribution in [0.25, 0.3) is 0 Å². The van der Waals surface area contributed by atoms with Crippen LogP contribution >= 0.6 is 0 Å². The Bertz CT molecular complexity index is 219. The summed E-state index contributed by atoms with van der Waals surface area (Å²) in [6.45, 7) is 14.8. The van der Waals surface area contributed by atoms with Gasteiger partial charge >= 0.3 is 0 Å². The van der Waals surface area contributed by atoms with Crippen molar-refractivity contribution < 1.29 is 5.11 Å². The quantitative estimate of drug-likeness (QED) is 0.508. The molecule has 0 aliphatic heterocycles. The van der Waals surface area contributed by atoms with E-state index in [0.29, 0.717) is 0 Å². The first kappa shape index (κ1) is 18.6. The number of rotatable bonds is 9. The van der Waals surface area contributed by atoms with Crippen LogP contribution in [0, 0.1) is 0 Å². The lowest BCUT2D eigenvalue weighted by molar-refractivity contribution is 0.266. The van der Waals surface area contributed by atoms with Gasteiger partial charge in [0, 0.05) is 4.47 Å². The monoisotopic (exact) mass is 303 g/mol. The number of hydrogen-bond acceptors (Lipinski definition) is 2. The summed E-state index contributed by atoms with van der Waals surface area (Å²) < 4.78 is -0.298. The summed E-state index contributed by atoms with van der Waals surface area (Å²) in [6.07, 6.45) is 4.93. The van der Waals surface area contributed by atoms with Gasteiger partial charge in [-0.3, -0.25) is 0 Å². The van der Waals surface area contributed by atoms with Crippen LogP contribution in [0.1, 0.15) is 25.7 Å². The maximum atomic E-state index is 11.2. The Hall–Kier alpha value is 0.571. The number of nitrogens with two attached hydrogens (primary N) is 1. The molecule has 3 N–H and O–H groups in total. The Morgan fingerprint density at radius 3 is 1.72 bits per heavy atom. The summed E-state index contributed by atoms with van der Waals surface area (Å²) in [5, 5.41) is 11.2. The lowest BCUT2D eigenvalue weighted by atomic mass is 10.2. The molecule has 0 heterocycles. The Morgan fingerprint density at radius 1 is 0.889 bits per heavy atom. The van der Waals surface area contributed by atoms with Gasteiger partial charge in [0.15, 0.2) is 0 Å². The Labute approximate surface area is 119 Å². The Morgan fingerprint density at radius 2 is 1.33 bits per heavy atom. The smallest absolute Gasteiger partial charge is 0.0734 e. The zero-order chi connectivity index (χ0) is 14.4. The van der Waals surface area contributed by atoms with E-state index in [2.05, 4.69) is 39.3 Å². The summed E-state index contributed by atoms with van der Waals surface area (Å²) >= 11 is 0. The molecule has 0 aliphatic carbocycles. The Balaban J connectivity index is 4.30. The van der Waals surface area contributed by atoms with Gasteiger partial charge < -0.3 is 10.8 Å². The first-order chi connectivity index (χ1) is 8.06. The van der Waals surface area contributed by atoms with Crippen LogP contribution in [0.2, 0.25) is 45.3 Å². The SMILES string of the molecule is C[Si](C)(C)C(O)([Si]CCCCCCN)[Si](C)(C)C. The number of hydrogen-bond donors (Lipinski definition) is 2. The molecular formula is C13H33NOSi3. The zero-order valence-electron chi connectivity index (χ0n) is 13.3. The number of unbranched alkanes of at least 4 members (excludes halogenated alkanes) is 3. The third-order valence-corrected chi connectivity index (χ3v) is 19.2. The van der Waals surface area contributed by atoms with Crippen LogP contribution < -0.4 is 5.73 Å². The highest BCUT2D eigenvalue weighted by Gasteiger charge is 2.50. The number of aliphatic hydroxyl groups is 1. The molecular weight excluding hydrogens is 270 g/mol. The molecule has 5 heteroatoms. The predicted molar refractivity (Wildman–Crippen MR) is 89.7 cm³/mol. The normalized spacial score (nSPS) is 14.0. The molecule has 0 saturated carbocycles. The topological polar surface area (TPSA) is 46.2 Å². The lowest BCUT2D eigenvalue weighted by Gasteiger charge is -2.47. The Kier molecular flexibility index (Phi) is 7.61. The van der Waals surface area contributed by atoms with Gasteiger partial charge in [-0.05, 0) is 13.0 Å². The summed E-state index contributed by atoms with van der Waals surface area (Å²) in [4.78, 5) is 0. The maximum absolute atomic E-state index is 11.2. The summed E-state index contributed by atoms with van der Waals surface area (Å²) in [5.74, 6) is 0. The average Bonchev–Trinajstić information content (AvgIpc) is 2.19. The molecule has 0 bridgehead atoms. The fourth-order valence-corrected chi connectivity index (χ4v) is 17.3. The highest BCUT2D eigenvalue weighted by atomic mass is 28.4. The van der Waals surface area contributed by atoms with E-state index in [9.17, 15) is 5.11 Å². The maximum Gasteiger partial charge on any atom is 0.0734 e. The van der Waals surface area contributed by atoms with Crippen molar-refractivity contribution in [3.63, 3.8) is 0 Å². The van der Waals surface area contributed by atoms with Crippen molar-refractivity contribution in [1.29, 1.82) is 0 Å². The first-order valence-electron chi connectivity index (χ1n) is 7.24. The molecule has 2 nitrogen and oxygen atoms in total. The highest BCUT2D eigenvalue weighted by molar-refractivity contribution is 7.06. The van der Waals surface area contributed by atoms with Crippen molar-refractivity contribution in [1.82, 2.24) is 0 Å². The van der Waals surface area contributed by atoms with Crippen molar-refractivity contribution in [2.24, 2.45) is 5.73 Å². The van der Waals surface area contributed by atoms with Gasteiger partial charge in [-0.1, -0.05) is 64.6 Å². The first-order valence-corrected chi connectivity index (χ1v) is 15.4. The standard InChI is InChI=1S/C13H33NOSi3/c1-17(2,3)13(15,18(4,5)6)16-12-10-8-7-9-11-14/h15H,7-12,14H2,1-6H3. The van der Waals surface area contributed by atoms with Gasteiger partial charge in [0.1, 0.15) is 0 Å². The second-order valence-electron chi connectivity index (χ2n) is 7.34. The van der Waals surface area contributed by atoms with Crippen LogP contribution in [0.3, 0.4) is 0 Å². The van der Waals surface area contributed by atoms with Gasteiger partial charge in [-0.25, -0.2) is 0 Å². The zero-order valence-corrected chi connectivity index (χ0v) is 16.3. The second-order valence-corrected chi connectivity index (χ2v) is 20.9. The minimum absolute atomic E-state index is 0.298. The molecule has 2 radical (unpaired) electrons. The molecule has 0 amide bonds. The van der Waals surface area contributed by atoms with E-state index in [1.165, 1.54) is 25.3 Å². The molecule has 0 fully saturated rings. The average molecular weight is 304 g/mol. The van der Waals surface area contributed by atoms with Crippen molar-refractivity contribution in [3.8, 4) is 0 Å². The van der Waals surface area contributed by atoms with E-state index in [-0.39, 0.29) is 4.47 Å². The molecule has 0 spiro atoms. The van der Waals surface area contributed by atoms with Crippen molar-refractivity contribution >= 4 is 25.7 Å². The van der Waals surface area contributed by atoms with E-state index in [0.717, 1.165) is 22.5 Å². The molecule has 0 atom stereocenters. The van der Waals surface area contributed by atoms with Crippen LogP contribution in [0.4, 0.5) is 0 Å². The minimum Gasteiger partial charge on any atom is -0.400 e. The highest BCUT2D eigenvalue weighted by Crippen LogP contribution is 2.31. The second kappa shape index (κ2) is 7.38. The molecule has 0 saturated heterocycles. The third-order valence-electron chi connectivity index (χ3n) is 3.68. The molecule has 0 aromatic carbocycles.